The molecule has 1 heterocycles. The van der Waals surface area contributed by atoms with Crippen molar-refractivity contribution >= 4 is 11.8 Å². The van der Waals surface area contributed by atoms with Crippen LogP contribution in [0.15, 0.2) is 42.5 Å². The van der Waals surface area contributed by atoms with Gasteiger partial charge < -0.3 is 9.64 Å². The molecular weight excluding hydrogens is 326 g/mol. The SMILES string of the molecule is CN1CC[C@H](OC(=O)N(C)c2ccc(F)cc2-c2ccc(F)cc2)C1. The number of halogens is 2. The number of ether oxygens (including phenoxy) is 1. The highest BCUT2D eigenvalue weighted by molar-refractivity contribution is 5.93. The fraction of sp³-hybridized carbons (Fsp3) is 0.316. The second-order valence-corrected chi connectivity index (χ2v) is 6.28. The van der Waals surface area contributed by atoms with E-state index in [1.54, 1.807) is 19.2 Å². The number of carbonyl (C=O) groups excluding carboxylic acids is 1. The molecule has 1 aliphatic heterocycles. The van der Waals surface area contributed by atoms with E-state index in [0.29, 0.717) is 23.4 Å². The lowest BCUT2D eigenvalue weighted by Crippen LogP contribution is -2.32. The molecule has 0 bridgehead atoms. The minimum atomic E-state index is -0.490. The van der Waals surface area contributed by atoms with Crippen LogP contribution in [-0.4, -0.2) is 44.3 Å². The number of amides is 1. The summed E-state index contributed by atoms with van der Waals surface area (Å²) in [4.78, 5) is 15.9. The van der Waals surface area contributed by atoms with Crippen LogP contribution in [0.5, 0.6) is 0 Å². The van der Waals surface area contributed by atoms with Gasteiger partial charge in [0.05, 0.1) is 5.69 Å². The van der Waals surface area contributed by atoms with E-state index in [9.17, 15) is 13.6 Å². The van der Waals surface area contributed by atoms with Crippen LogP contribution in [0.3, 0.4) is 0 Å². The Kier molecular flexibility index (Phi) is 4.99. The van der Waals surface area contributed by atoms with Gasteiger partial charge >= 0.3 is 6.09 Å². The van der Waals surface area contributed by atoms with E-state index in [4.69, 9.17) is 4.74 Å². The first-order valence-corrected chi connectivity index (χ1v) is 8.12. The highest BCUT2D eigenvalue weighted by Crippen LogP contribution is 2.32. The van der Waals surface area contributed by atoms with Crippen molar-refractivity contribution in [2.24, 2.45) is 0 Å². The van der Waals surface area contributed by atoms with Gasteiger partial charge in [-0.05, 0) is 49.4 Å². The van der Waals surface area contributed by atoms with E-state index in [1.807, 2.05) is 7.05 Å². The monoisotopic (exact) mass is 346 g/mol. The standard InChI is InChI=1S/C19H20F2N2O2/c1-22-10-9-16(12-22)25-19(24)23(2)18-8-7-15(21)11-17(18)13-3-5-14(20)6-4-13/h3-8,11,16H,9-10,12H2,1-2H3/t16-/m0/s1. The molecular formula is C19H20F2N2O2. The van der Waals surface area contributed by atoms with Crippen molar-refractivity contribution in [3.05, 3.63) is 54.1 Å². The van der Waals surface area contributed by atoms with Gasteiger partial charge in [0.15, 0.2) is 0 Å². The summed E-state index contributed by atoms with van der Waals surface area (Å²) in [5.41, 5.74) is 1.63. The average molecular weight is 346 g/mol. The van der Waals surface area contributed by atoms with Gasteiger partial charge in [-0.25, -0.2) is 13.6 Å². The lowest BCUT2D eigenvalue weighted by molar-refractivity contribution is 0.110. The van der Waals surface area contributed by atoms with Crippen molar-refractivity contribution in [2.45, 2.75) is 12.5 Å². The molecule has 25 heavy (non-hydrogen) atoms. The third-order valence-electron chi connectivity index (χ3n) is 4.36. The molecule has 0 unspecified atom stereocenters. The van der Waals surface area contributed by atoms with Gasteiger partial charge in [0.2, 0.25) is 0 Å². The molecule has 0 aromatic heterocycles. The van der Waals surface area contributed by atoms with E-state index in [1.165, 1.54) is 35.2 Å². The maximum absolute atomic E-state index is 13.7. The summed E-state index contributed by atoms with van der Waals surface area (Å²) in [5.74, 6) is -0.804. The Hall–Kier alpha value is -2.47. The molecule has 3 rings (SSSR count). The molecule has 1 atom stereocenters. The molecule has 2 aromatic rings. The molecule has 1 fully saturated rings. The third kappa shape index (κ3) is 3.96. The number of carbonyl (C=O) groups is 1. The largest absolute Gasteiger partial charge is 0.444 e. The van der Waals surface area contributed by atoms with E-state index < -0.39 is 11.9 Å². The Balaban J connectivity index is 1.85. The van der Waals surface area contributed by atoms with Crippen molar-refractivity contribution in [2.75, 3.05) is 32.1 Å². The Labute approximate surface area is 145 Å². The highest BCUT2D eigenvalue weighted by atomic mass is 19.1. The molecule has 1 aliphatic rings. The number of likely N-dealkylation sites (tertiary alicyclic amines) is 1. The maximum atomic E-state index is 13.7. The number of hydrogen-bond acceptors (Lipinski definition) is 3. The third-order valence-corrected chi connectivity index (χ3v) is 4.36. The molecule has 0 saturated carbocycles. The van der Waals surface area contributed by atoms with Crippen LogP contribution in [0.25, 0.3) is 11.1 Å². The van der Waals surface area contributed by atoms with Crippen molar-refractivity contribution in [3.8, 4) is 11.1 Å². The van der Waals surface area contributed by atoms with Gasteiger partial charge in [0, 0.05) is 25.7 Å². The first-order valence-electron chi connectivity index (χ1n) is 8.12. The number of rotatable bonds is 3. The van der Waals surface area contributed by atoms with E-state index >= 15 is 0 Å². The first-order chi connectivity index (χ1) is 11.9. The zero-order valence-corrected chi connectivity index (χ0v) is 14.2. The summed E-state index contributed by atoms with van der Waals surface area (Å²) >= 11 is 0. The Morgan fingerprint density at radius 1 is 1.16 bits per heavy atom. The van der Waals surface area contributed by atoms with Gasteiger partial charge in [-0.3, -0.25) is 4.90 Å². The molecule has 0 N–H and O–H groups in total. The highest BCUT2D eigenvalue weighted by Gasteiger charge is 2.26. The van der Waals surface area contributed by atoms with E-state index in [0.717, 1.165) is 13.0 Å². The average Bonchev–Trinajstić information content (AvgIpc) is 2.99. The Morgan fingerprint density at radius 2 is 1.84 bits per heavy atom. The fourth-order valence-electron chi connectivity index (χ4n) is 2.97. The van der Waals surface area contributed by atoms with Crippen LogP contribution in [0, 0.1) is 11.6 Å². The van der Waals surface area contributed by atoms with Crippen LogP contribution in [0.2, 0.25) is 0 Å². The fourth-order valence-corrected chi connectivity index (χ4v) is 2.97. The minimum absolute atomic E-state index is 0.144. The van der Waals surface area contributed by atoms with Gasteiger partial charge in [-0.2, -0.15) is 0 Å². The van der Waals surface area contributed by atoms with Crippen molar-refractivity contribution in [1.29, 1.82) is 0 Å². The van der Waals surface area contributed by atoms with Crippen LogP contribution >= 0.6 is 0 Å². The first kappa shape index (κ1) is 17.4. The topological polar surface area (TPSA) is 32.8 Å². The Bertz CT molecular complexity index is 765. The molecule has 1 amide bonds. The number of nitrogens with zero attached hydrogens (tertiary/aromatic N) is 2. The van der Waals surface area contributed by atoms with Crippen LogP contribution in [0.4, 0.5) is 19.3 Å². The second kappa shape index (κ2) is 7.19. The van der Waals surface area contributed by atoms with Crippen LogP contribution in [-0.2, 0) is 4.74 Å². The second-order valence-electron chi connectivity index (χ2n) is 6.28. The number of anilines is 1. The van der Waals surface area contributed by atoms with Gasteiger partial charge in [-0.15, -0.1) is 0 Å². The van der Waals surface area contributed by atoms with Crippen LogP contribution < -0.4 is 4.90 Å². The smallest absolute Gasteiger partial charge is 0.414 e. The van der Waals surface area contributed by atoms with Gasteiger partial charge in [0.1, 0.15) is 17.7 Å². The molecule has 2 aromatic carbocycles. The molecule has 132 valence electrons. The molecule has 4 nitrogen and oxygen atoms in total. The predicted octanol–water partition coefficient (Wildman–Crippen LogP) is 3.91. The molecule has 6 heteroatoms. The summed E-state index contributed by atoms with van der Waals surface area (Å²) in [6.07, 6.45) is 0.162. The number of benzene rings is 2. The molecule has 0 radical (unpaired) electrons. The zero-order valence-electron chi connectivity index (χ0n) is 14.2. The van der Waals surface area contributed by atoms with Crippen LogP contribution in [0.1, 0.15) is 6.42 Å². The summed E-state index contributed by atoms with van der Waals surface area (Å²) in [6.45, 7) is 1.59. The Morgan fingerprint density at radius 3 is 2.48 bits per heavy atom. The molecule has 0 aliphatic carbocycles. The normalized spacial score (nSPS) is 17.5. The zero-order chi connectivity index (χ0) is 18.0. The summed E-state index contributed by atoms with van der Waals surface area (Å²) in [7, 11) is 3.56. The lowest BCUT2D eigenvalue weighted by Gasteiger charge is -2.22. The lowest BCUT2D eigenvalue weighted by atomic mass is 10.0. The van der Waals surface area contributed by atoms with E-state index in [-0.39, 0.29) is 11.9 Å². The maximum Gasteiger partial charge on any atom is 0.414 e. The van der Waals surface area contributed by atoms with Crippen molar-refractivity contribution in [1.82, 2.24) is 4.90 Å². The van der Waals surface area contributed by atoms with E-state index in [2.05, 4.69) is 4.90 Å². The summed E-state index contributed by atoms with van der Waals surface area (Å²) < 4.78 is 32.4. The number of hydrogen-bond donors (Lipinski definition) is 0. The molecule has 0 spiro atoms. The minimum Gasteiger partial charge on any atom is -0.444 e. The summed E-state index contributed by atoms with van der Waals surface area (Å²) in [5, 5.41) is 0. The quantitative estimate of drug-likeness (QED) is 0.845. The van der Waals surface area contributed by atoms with Crippen molar-refractivity contribution < 1.29 is 18.3 Å². The summed E-state index contributed by atoms with van der Waals surface area (Å²) in [6, 6.07) is 9.85. The van der Waals surface area contributed by atoms with Gasteiger partial charge in [-0.1, -0.05) is 12.1 Å². The van der Waals surface area contributed by atoms with Crippen molar-refractivity contribution in [3.63, 3.8) is 0 Å². The molecule has 1 saturated heterocycles. The number of likely N-dealkylation sites (N-methyl/N-ethyl adjacent to an activating group) is 1. The van der Waals surface area contributed by atoms with Gasteiger partial charge in [0.25, 0.3) is 0 Å². The predicted molar refractivity (Wildman–Crippen MR) is 92.6 cm³/mol.